The van der Waals surface area contributed by atoms with E-state index < -0.39 is 17.9 Å². The van der Waals surface area contributed by atoms with E-state index in [9.17, 15) is 23.9 Å². The summed E-state index contributed by atoms with van der Waals surface area (Å²) in [7, 11) is 1.77. The van der Waals surface area contributed by atoms with Crippen LogP contribution in [0.1, 0.15) is 56.0 Å². The number of likely N-dealkylation sites (N-methyl/N-ethyl adjacent to an activating group) is 1. The average Bonchev–Trinajstić information content (AvgIpc) is 3.07. The maximum atomic E-state index is 14.3. The topological polar surface area (TPSA) is 120 Å². The van der Waals surface area contributed by atoms with Gasteiger partial charge in [-0.1, -0.05) is 37.3 Å². The van der Waals surface area contributed by atoms with Gasteiger partial charge in [0.05, 0.1) is 36.8 Å². The van der Waals surface area contributed by atoms with Crippen LogP contribution in [0.25, 0.3) is 0 Å². The molecule has 4 rings (SSSR count). The van der Waals surface area contributed by atoms with Crippen molar-refractivity contribution in [3.05, 3.63) is 89.7 Å². The smallest absolute Gasteiger partial charge is 0.323 e. The van der Waals surface area contributed by atoms with E-state index in [1.807, 2.05) is 44.2 Å². The van der Waals surface area contributed by atoms with Gasteiger partial charge >= 0.3 is 6.03 Å². The highest BCUT2D eigenvalue weighted by Crippen LogP contribution is 2.29. The molecule has 4 amide bonds. The molecule has 0 aromatic heterocycles. The number of fused-ring (bicyclic) bond motifs is 1. The van der Waals surface area contributed by atoms with Crippen LogP contribution in [-0.4, -0.2) is 84.4 Å². The summed E-state index contributed by atoms with van der Waals surface area (Å²) in [6.45, 7) is 6.49. The fraction of sp³-hybridized carbons (Fsp3) is 0.432. The van der Waals surface area contributed by atoms with E-state index in [-0.39, 0.29) is 55.1 Å². The number of aliphatic hydroxyl groups excluding tert-OH is 1. The van der Waals surface area contributed by atoms with Crippen molar-refractivity contribution in [1.82, 2.24) is 9.80 Å². The molecular weight excluding hydrogens is 615 g/mol. The van der Waals surface area contributed by atoms with Gasteiger partial charge in [0.25, 0.3) is 5.91 Å². The molecule has 258 valence electrons. The average molecular weight is 663 g/mol. The fourth-order valence-corrected chi connectivity index (χ4v) is 5.57. The minimum absolute atomic E-state index is 0.0311. The minimum atomic E-state index is -0.565. The van der Waals surface area contributed by atoms with Crippen molar-refractivity contribution in [3.8, 4) is 5.75 Å². The molecule has 0 aliphatic carbocycles. The van der Waals surface area contributed by atoms with Gasteiger partial charge < -0.3 is 35.0 Å². The summed E-state index contributed by atoms with van der Waals surface area (Å²) in [6, 6.07) is 18.7. The highest BCUT2D eigenvalue weighted by atomic mass is 19.1. The van der Waals surface area contributed by atoms with Crippen LogP contribution < -0.4 is 15.4 Å². The van der Waals surface area contributed by atoms with Gasteiger partial charge in [0.1, 0.15) is 11.6 Å². The first-order valence-electron chi connectivity index (χ1n) is 16.5. The predicted octanol–water partition coefficient (Wildman–Crippen LogP) is 5.97. The number of nitrogens with zero attached hydrogens (tertiary/aromatic N) is 2. The lowest BCUT2D eigenvalue weighted by Gasteiger charge is -2.36. The Kier molecular flexibility index (Phi) is 13.3. The van der Waals surface area contributed by atoms with Crippen molar-refractivity contribution in [1.29, 1.82) is 0 Å². The van der Waals surface area contributed by atoms with Gasteiger partial charge in [0.2, 0.25) is 5.91 Å². The van der Waals surface area contributed by atoms with Crippen LogP contribution in [-0.2, 0) is 16.0 Å². The predicted molar refractivity (Wildman–Crippen MR) is 184 cm³/mol. The first kappa shape index (κ1) is 36.4. The number of rotatable bonds is 8. The van der Waals surface area contributed by atoms with Crippen molar-refractivity contribution >= 4 is 29.2 Å². The summed E-state index contributed by atoms with van der Waals surface area (Å²) >= 11 is 0. The van der Waals surface area contributed by atoms with Crippen LogP contribution in [0.4, 0.5) is 20.6 Å². The van der Waals surface area contributed by atoms with E-state index in [1.165, 1.54) is 24.3 Å². The van der Waals surface area contributed by atoms with Crippen molar-refractivity contribution in [3.63, 3.8) is 0 Å². The molecule has 0 saturated heterocycles. The van der Waals surface area contributed by atoms with Crippen LogP contribution in [0.2, 0.25) is 0 Å². The molecule has 4 atom stereocenters. The Bertz CT molecular complexity index is 1510. The summed E-state index contributed by atoms with van der Waals surface area (Å²) in [5.74, 6) is -0.661. The monoisotopic (exact) mass is 662 g/mol. The van der Waals surface area contributed by atoms with E-state index >= 15 is 0 Å². The molecular formula is C37H47FN4O6. The molecule has 0 fully saturated rings. The number of halogens is 1. The first-order valence-corrected chi connectivity index (χ1v) is 16.5. The number of carbonyl (C=O) groups is 3. The molecule has 3 aromatic rings. The van der Waals surface area contributed by atoms with Gasteiger partial charge in [-0.25, -0.2) is 9.18 Å². The Morgan fingerprint density at radius 3 is 2.42 bits per heavy atom. The van der Waals surface area contributed by atoms with Gasteiger partial charge in [-0.15, -0.1) is 0 Å². The maximum Gasteiger partial charge on any atom is 0.323 e. The molecule has 1 aliphatic heterocycles. The van der Waals surface area contributed by atoms with Gasteiger partial charge in [0, 0.05) is 44.0 Å². The Hall–Kier alpha value is -4.48. The highest BCUT2D eigenvalue weighted by Gasteiger charge is 2.31. The second-order valence-electron chi connectivity index (χ2n) is 12.5. The van der Waals surface area contributed by atoms with Crippen molar-refractivity contribution in [2.75, 3.05) is 44.0 Å². The van der Waals surface area contributed by atoms with Crippen LogP contribution in [0.5, 0.6) is 5.75 Å². The lowest BCUT2D eigenvalue weighted by Crippen LogP contribution is -2.48. The zero-order valence-electron chi connectivity index (χ0n) is 28.2. The van der Waals surface area contributed by atoms with E-state index in [1.54, 1.807) is 42.0 Å². The Morgan fingerprint density at radius 2 is 1.71 bits per heavy atom. The van der Waals surface area contributed by atoms with Crippen LogP contribution in [0.3, 0.4) is 0 Å². The number of ether oxygens (including phenoxy) is 2. The summed E-state index contributed by atoms with van der Waals surface area (Å²) in [6.07, 6.45) is 2.06. The lowest BCUT2D eigenvalue weighted by atomic mass is 10.0. The second-order valence-corrected chi connectivity index (χ2v) is 12.5. The third kappa shape index (κ3) is 10.5. The van der Waals surface area contributed by atoms with E-state index in [4.69, 9.17) is 9.47 Å². The normalized spacial score (nSPS) is 19.7. The number of aliphatic hydroxyl groups is 1. The van der Waals surface area contributed by atoms with Gasteiger partial charge in [-0.3, -0.25) is 9.59 Å². The minimum Gasteiger partial charge on any atom is -0.490 e. The highest BCUT2D eigenvalue weighted by molar-refractivity contribution is 6.02. The summed E-state index contributed by atoms with van der Waals surface area (Å²) in [4.78, 5) is 43.5. The largest absolute Gasteiger partial charge is 0.490 e. The molecule has 3 aromatic carbocycles. The third-order valence-corrected chi connectivity index (χ3v) is 8.49. The molecule has 11 heteroatoms. The Morgan fingerprint density at radius 1 is 1.02 bits per heavy atom. The quantitative estimate of drug-likeness (QED) is 0.274. The van der Waals surface area contributed by atoms with Crippen LogP contribution in [0.15, 0.2) is 72.8 Å². The number of nitrogens with one attached hydrogen (secondary N) is 2. The second kappa shape index (κ2) is 17.6. The third-order valence-electron chi connectivity index (χ3n) is 8.49. The summed E-state index contributed by atoms with van der Waals surface area (Å²) in [5, 5.41) is 15.6. The summed E-state index contributed by atoms with van der Waals surface area (Å²) < 4.78 is 25.9. The van der Waals surface area contributed by atoms with Crippen molar-refractivity contribution in [2.45, 2.75) is 64.7 Å². The number of carbonyl (C=O) groups excluding carboxylic acids is 3. The first-order chi connectivity index (χ1) is 23.0. The molecule has 3 N–H and O–H groups in total. The molecule has 0 saturated carbocycles. The molecule has 10 nitrogen and oxygen atoms in total. The van der Waals surface area contributed by atoms with Crippen molar-refractivity contribution < 1.29 is 33.4 Å². The molecule has 0 radical (unpaired) electrons. The number of hydrogen-bond acceptors (Lipinski definition) is 6. The zero-order valence-corrected chi connectivity index (χ0v) is 28.2. The Balaban J connectivity index is 1.57. The molecule has 1 aliphatic rings. The maximum absolute atomic E-state index is 14.3. The zero-order chi connectivity index (χ0) is 34.6. The lowest BCUT2D eigenvalue weighted by molar-refractivity contribution is -0.131. The van der Waals surface area contributed by atoms with Crippen molar-refractivity contribution in [2.24, 2.45) is 5.92 Å². The molecule has 1 heterocycles. The van der Waals surface area contributed by atoms with Gasteiger partial charge in [-0.05, 0) is 81.1 Å². The SMILES string of the molecule is C[C@@H]1CCCCO[C@@H](CN(C)C(=O)Cc2ccccc2)[C@@H](C)CN([C@@H](C)CO)C(=O)c2cc(NC(=O)Nc3ccc(F)cc3)ccc2O1. The molecule has 0 spiro atoms. The Labute approximate surface area is 282 Å². The van der Waals surface area contributed by atoms with Crippen LogP contribution >= 0.6 is 0 Å². The van der Waals surface area contributed by atoms with E-state index in [0.717, 1.165) is 24.8 Å². The van der Waals surface area contributed by atoms with Gasteiger partial charge in [0.15, 0.2) is 0 Å². The van der Waals surface area contributed by atoms with E-state index in [2.05, 4.69) is 10.6 Å². The number of benzene rings is 3. The molecule has 0 unspecified atom stereocenters. The number of amides is 4. The van der Waals surface area contributed by atoms with Crippen LogP contribution in [0, 0.1) is 11.7 Å². The molecule has 48 heavy (non-hydrogen) atoms. The molecule has 0 bridgehead atoms. The standard InChI is InChI=1S/C37H47FN4O6/c1-25-22-42(26(2)24-43)36(45)32-21-31(40-37(46)39-30-15-13-29(38)14-16-30)17-18-33(32)48-27(3)10-8-9-19-47-34(25)23-41(4)35(44)20-28-11-6-5-7-12-28/h5-7,11-18,21,25-27,34,43H,8-10,19-20,22-24H2,1-4H3,(H2,39,40,46)/t25-,26-,27+,34-/m0/s1. The summed E-state index contributed by atoms with van der Waals surface area (Å²) in [5.41, 5.74) is 1.92. The number of anilines is 2. The van der Waals surface area contributed by atoms with Gasteiger partial charge in [-0.2, -0.15) is 0 Å². The number of urea groups is 1. The van der Waals surface area contributed by atoms with E-state index in [0.29, 0.717) is 30.3 Å². The fourth-order valence-electron chi connectivity index (χ4n) is 5.57. The number of hydrogen-bond donors (Lipinski definition) is 3.